The first-order valence-corrected chi connectivity index (χ1v) is 7.71. The van der Waals surface area contributed by atoms with E-state index in [0.29, 0.717) is 5.69 Å². The lowest BCUT2D eigenvalue weighted by Gasteiger charge is -2.30. The maximum absolute atomic E-state index is 12.5. The molecule has 0 atom stereocenters. The van der Waals surface area contributed by atoms with Crippen LogP contribution in [0.1, 0.15) is 10.5 Å². The van der Waals surface area contributed by atoms with Gasteiger partial charge in [-0.2, -0.15) is 5.21 Å². The minimum atomic E-state index is -0.362. The number of fused-ring (bicyclic) bond motifs is 1. The van der Waals surface area contributed by atoms with E-state index < -0.39 is 0 Å². The van der Waals surface area contributed by atoms with E-state index in [1.54, 1.807) is 0 Å². The van der Waals surface area contributed by atoms with E-state index in [9.17, 15) is 4.79 Å². The fraction of sp³-hybridized carbons (Fsp3) is 0.267. The second-order valence-electron chi connectivity index (χ2n) is 5.47. The van der Waals surface area contributed by atoms with Gasteiger partial charge in [0, 0.05) is 37.3 Å². The number of carbonyl (C=O) groups is 1. The number of carbonyl (C=O) groups excluding carboxylic acids is 1. The van der Waals surface area contributed by atoms with Crippen molar-refractivity contribution in [1.29, 1.82) is 0 Å². The summed E-state index contributed by atoms with van der Waals surface area (Å²) in [5, 5.41) is 20.1. The van der Waals surface area contributed by atoms with Crippen LogP contribution in [0.2, 0.25) is 0 Å². The Morgan fingerprint density at radius 3 is 2.83 bits per heavy atom. The summed E-state index contributed by atoms with van der Waals surface area (Å²) in [4.78, 5) is 19.2. The smallest absolute Gasteiger partial charge is 0.276 e. The highest BCUT2D eigenvalue weighted by atomic mass is 16.2. The van der Waals surface area contributed by atoms with Crippen molar-refractivity contribution in [1.82, 2.24) is 30.9 Å². The van der Waals surface area contributed by atoms with Crippen LogP contribution in [0.25, 0.3) is 10.9 Å². The molecule has 0 unspecified atom stereocenters. The Bertz CT molecular complexity index is 857. The fourth-order valence-corrected chi connectivity index (χ4v) is 2.82. The minimum Gasteiger partial charge on any atom is -0.368 e. The number of nitrogens with zero attached hydrogens (tertiary/aromatic N) is 5. The predicted octanol–water partition coefficient (Wildman–Crippen LogP) is 0.410. The normalized spacial score (nSPS) is 14.8. The highest BCUT2D eigenvalue weighted by Gasteiger charge is 2.18. The van der Waals surface area contributed by atoms with Crippen LogP contribution in [-0.4, -0.2) is 57.7 Å². The van der Waals surface area contributed by atoms with Crippen LogP contribution in [0, 0.1) is 0 Å². The van der Waals surface area contributed by atoms with Gasteiger partial charge < -0.3 is 10.2 Å². The number of hydrogen-bond acceptors (Lipinski definition) is 7. The van der Waals surface area contributed by atoms with Crippen LogP contribution in [0.5, 0.6) is 0 Å². The van der Waals surface area contributed by atoms with Crippen LogP contribution in [-0.2, 0) is 0 Å². The van der Waals surface area contributed by atoms with Gasteiger partial charge in [-0.1, -0.05) is 23.3 Å². The van der Waals surface area contributed by atoms with E-state index in [1.807, 2.05) is 30.3 Å². The van der Waals surface area contributed by atoms with Crippen molar-refractivity contribution < 1.29 is 4.79 Å². The number of pyridine rings is 1. The average Bonchev–Trinajstić information content (AvgIpc) is 3.14. The van der Waals surface area contributed by atoms with Gasteiger partial charge >= 0.3 is 0 Å². The molecular weight excluding hydrogens is 308 g/mol. The summed E-state index contributed by atoms with van der Waals surface area (Å²) in [7, 11) is 0. The molecule has 1 aliphatic heterocycles. The molecule has 0 radical (unpaired) electrons. The highest BCUT2D eigenvalue weighted by molar-refractivity contribution is 6.05. The number of rotatable bonds is 3. The zero-order chi connectivity index (χ0) is 16.4. The zero-order valence-electron chi connectivity index (χ0n) is 12.9. The molecule has 1 fully saturated rings. The Labute approximate surface area is 137 Å². The molecule has 1 aromatic carbocycles. The molecule has 3 aromatic rings. The standard InChI is InChI=1S/C15H16N8O/c24-14(18-15-19-21-22-20-15)12-9-13(23-7-5-16-6-8-23)10-3-1-2-4-11(10)17-12/h1-4,9,16H,5-8H2,(H2,18,19,20,21,22,24). The number of aromatic nitrogens is 5. The number of tetrazole rings is 1. The largest absolute Gasteiger partial charge is 0.368 e. The van der Waals surface area contributed by atoms with Crippen molar-refractivity contribution in [2.24, 2.45) is 0 Å². The number of aromatic amines is 1. The van der Waals surface area contributed by atoms with Gasteiger partial charge in [0.05, 0.1) is 5.52 Å². The van der Waals surface area contributed by atoms with Crippen LogP contribution in [0.4, 0.5) is 11.6 Å². The summed E-state index contributed by atoms with van der Waals surface area (Å²) < 4.78 is 0. The minimum absolute atomic E-state index is 0.124. The molecule has 2 aromatic heterocycles. The van der Waals surface area contributed by atoms with Gasteiger partial charge in [0.25, 0.3) is 11.9 Å². The quantitative estimate of drug-likeness (QED) is 0.639. The summed E-state index contributed by atoms with van der Waals surface area (Å²) in [5.74, 6) is -0.239. The topological polar surface area (TPSA) is 112 Å². The summed E-state index contributed by atoms with van der Waals surface area (Å²) >= 11 is 0. The number of benzene rings is 1. The lowest BCUT2D eigenvalue weighted by atomic mass is 10.1. The van der Waals surface area contributed by atoms with Gasteiger partial charge in [0.2, 0.25) is 0 Å². The van der Waals surface area contributed by atoms with E-state index >= 15 is 0 Å². The third-order valence-electron chi connectivity index (χ3n) is 3.96. The first-order chi connectivity index (χ1) is 11.8. The number of anilines is 2. The molecule has 1 aliphatic rings. The van der Waals surface area contributed by atoms with Crippen molar-refractivity contribution in [3.8, 4) is 0 Å². The Morgan fingerprint density at radius 2 is 2.04 bits per heavy atom. The lowest BCUT2D eigenvalue weighted by Crippen LogP contribution is -2.43. The predicted molar refractivity (Wildman–Crippen MR) is 89.0 cm³/mol. The van der Waals surface area contributed by atoms with Gasteiger partial charge in [-0.05, 0) is 17.3 Å². The van der Waals surface area contributed by atoms with Gasteiger partial charge in [-0.3, -0.25) is 10.1 Å². The molecule has 0 bridgehead atoms. The maximum Gasteiger partial charge on any atom is 0.276 e. The Kier molecular flexibility index (Phi) is 3.75. The van der Waals surface area contributed by atoms with Gasteiger partial charge in [-0.25, -0.2) is 4.98 Å². The number of piperazine rings is 1. The van der Waals surface area contributed by atoms with Crippen molar-refractivity contribution in [3.05, 3.63) is 36.0 Å². The van der Waals surface area contributed by atoms with Gasteiger partial charge in [0.1, 0.15) is 5.69 Å². The van der Waals surface area contributed by atoms with Gasteiger partial charge in [-0.15, -0.1) is 5.10 Å². The Morgan fingerprint density at radius 1 is 1.21 bits per heavy atom. The number of para-hydroxylation sites is 1. The molecule has 3 N–H and O–H groups in total. The molecule has 4 rings (SSSR count). The Balaban J connectivity index is 1.74. The highest BCUT2D eigenvalue weighted by Crippen LogP contribution is 2.27. The molecule has 1 amide bonds. The van der Waals surface area contributed by atoms with Crippen LogP contribution >= 0.6 is 0 Å². The summed E-state index contributed by atoms with van der Waals surface area (Å²) in [5.41, 5.74) is 2.12. The molecule has 0 spiro atoms. The fourth-order valence-electron chi connectivity index (χ4n) is 2.82. The number of amides is 1. The molecule has 24 heavy (non-hydrogen) atoms. The molecule has 3 heterocycles. The maximum atomic E-state index is 12.5. The molecule has 0 saturated carbocycles. The summed E-state index contributed by atoms with van der Waals surface area (Å²) in [6.07, 6.45) is 0. The second kappa shape index (κ2) is 6.20. The van der Waals surface area contributed by atoms with Crippen molar-refractivity contribution in [2.75, 3.05) is 36.4 Å². The first kappa shape index (κ1) is 14.5. The third kappa shape index (κ3) is 2.76. The van der Waals surface area contributed by atoms with E-state index in [0.717, 1.165) is 42.8 Å². The zero-order valence-corrected chi connectivity index (χ0v) is 12.9. The molecule has 9 heteroatoms. The van der Waals surface area contributed by atoms with E-state index in [2.05, 4.69) is 41.1 Å². The number of H-pyrrole nitrogens is 1. The van der Waals surface area contributed by atoms with Crippen molar-refractivity contribution in [2.45, 2.75) is 0 Å². The van der Waals surface area contributed by atoms with E-state index in [1.165, 1.54) is 0 Å². The number of hydrogen-bond donors (Lipinski definition) is 3. The van der Waals surface area contributed by atoms with Crippen molar-refractivity contribution in [3.63, 3.8) is 0 Å². The summed E-state index contributed by atoms with van der Waals surface area (Å²) in [6, 6.07) is 9.66. The molecular formula is C15H16N8O. The van der Waals surface area contributed by atoms with E-state index in [-0.39, 0.29) is 11.9 Å². The third-order valence-corrected chi connectivity index (χ3v) is 3.96. The first-order valence-electron chi connectivity index (χ1n) is 7.71. The second-order valence-corrected chi connectivity index (χ2v) is 5.47. The average molecular weight is 324 g/mol. The van der Waals surface area contributed by atoms with Crippen LogP contribution < -0.4 is 15.5 Å². The monoisotopic (exact) mass is 324 g/mol. The van der Waals surface area contributed by atoms with Gasteiger partial charge in [0.15, 0.2) is 0 Å². The van der Waals surface area contributed by atoms with Crippen LogP contribution in [0.3, 0.4) is 0 Å². The number of nitrogens with one attached hydrogen (secondary N) is 3. The molecule has 0 aliphatic carbocycles. The summed E-state index contributed by atoms with van der Waals surface area (Å²) in [6.45, 7) is 3.61. The molecule has 9 nitrogen and oxygen atoms in total. The van der Waals surface area contributed by atoms with Crippen molar-refractivity contribution >= 4 is 28.4 Å². The molecule has 122 valence electrons. The van der Waals surface area contributed by atoms with Crippen LogP contribution in [0.15, 0.2) is 30.3 Å². The lowest BCUT2D eigenvalue weighted by molar-refractivity contribution is 0.102. The molecule has 1 saturated heterocycles. The van der Waals surface area contributed by atoms with E-state index in [4.69, 9.17) is 0 Å². The SMILES string of the molecule is O=C(Nc1nn[nH]n1)c1cc(N2CCNCC2)c2ccccc2n1. The Hall–Kier alpha value is -3.07.